The van der Waals surface area contributed by atoms with E-state index in [1.807, 2.05) is 0 Å². The molecule has 0 unspecified atom stereocenters. The summed E-state index contributed by atoms with van der Waals surface area (Å²) in [5.41, 5.74) is 3.64. The summed E-state index contributed by atoms with van der Waals surface area (Å²) in [6, 6.07) is 5.30. The SMILES string of the molecule is CCCCc1nc2sc3c(c2c(=O)n1NC(=O)c1ccc([N+](=O)[O-])cc1)CCCC3. The number of amides is 1. The second kappa shape index (κ2) is 8.35. The molecule has 0 saturated carbocycles. The normalized spacial score (nSPS) is 13.2. The van der Waals surface area contributed by atoms with Crippen LogP contribution in [0.1, 0.15) is 59.2 Å². The number of carbonyl (C=O) groups is 1. The molecule has 0 radical (unpaired) electrons. The number of thiophene rings is 1. The van der Waals surface area contributed by atoms with Gasteiger partial charge < -0.3 is 0 Å². The van der Waals surface area contributed by atoms with Crippen LogP contribution in [0.3, 0.4) is 0 Å². The molecule has 0 bridgehead atoms. The van der Waals surface area contributed by atoms with Gasteiger partial charge in [-0.25, -0.2) is 9.66 Å². The number of aryl methyl sites for hydroxylation is 3. The summed E-state index contributed by atoms with van der Waals surface area (Å²) >= 11 is 1.59. The molecule has 0 aliphatic heterocycles. The minimum Gasteiger partial charge on any atom is -0.267 e. The summed E-state index contributed by atoms with van der Waals surface area (Å²) in [5, 5.41) is 11.4. The molecule has 0 atom stereocenters. The van der Waals surface area contributed by atoms with Crippen LogP contribution >= 0.6 is 11.3 Å². The second-order valence-electron chi connectivity index (χ2n) is 7.41. The quantitative estimate of drug-likeness (QED) is 0.474. The van der Waals surface area contributed by atoms with Gasteiger partial charge in [-0.15, -0.1) is 11.3 Å². The number of unbranched alkanes of at least 4 members (excludes halogenated alkanes) is 1. The number of non-ortho nitro benzene ring substituents is 1. The van der Waals surface area contributed by atoms with Crippen molar-refractivity contribution in [3.05, 3.63) is 66.6 Å². The number of hydrogen-bond acceptors (Lipinski definition) is 6. The van der Waals surface area contributed by atoms with Crippen LogP contribution in [0.5, 0.6) is 0 Å². The highest BCUT2D eigenvalue weighted by Crippen LogP contribution is 2.33. The van der Waals surface area contributed by atoms with Crippen LogP contribution in [0.2, 0.25) is 0 Å². The van der Waals surface area contributed by atoms with E-state index in [2.05, 4.69) is 12.3 Å². The van der Waals surface area contributed by atoms with Crippen molar-refractivity contribution in [1.82, 2.24) is 9.66 Å². The molecule has 2 aromatic heterocycles. The van der Waals surface area contributed by atoms with Crippen molar-refractivity contribution < 1.29 is 9.72 Å². The molecule has 0 spiro atoms. The maximum Gasteiger partial charge on any atom is 0.281 e. The molecule has 1 aliphatic carbocycles. The van der Waals surface area contributed by atoms with Crippen LogP contribution in [-0.4, -0.2) is 20.5 Å². The van der Waals surface area contributed by atoms with E-state index in [0.29, 0.717) is 17.6 Å². The van der Waals surface area contributed by atoms with E-state index >= 15 is 0 Å². The molecule has 8 nitrogen and oxygen atoms in total. The Balaban J connectivity index is 1.75. The van der Waals surface area contributed by atoms with Crippen molar-refractivity contribution in [3.63, 3.8) is 0 Å². The Morgan fingerprint density at radius 2 is 2.00 bits per heavy atom. The van der Waals surface area contributed by atoms with Gasteiger partial charge in [0.15, 0.2) is 0 Å². The molecule has 156 valence electrons. The summed E-state index contributed by atoms with van der Waals surface area (Å²) in [6.45, 7) is 2.06. The summed E-state index contributed by atoms with van der Waals surface area (Å²) in [7, 11) is 0. The highest BCUT2D eigenvalue weighted by molar-refractivity contribution is 7.18. The molecular formula is C21H22N4O4S. The highest BCUT2D eigenvalue weighted by atomic mass is 32.1. The van der Waals surface area contributed by atoms with Gasteiger partial charge >= 0.3 is 0 Å². The second-order valence-corrected chi connectivity index (χ2v) is 8.49. The number of nitro benzene ring substituents is 1. The van der Waals surface area contributed by atoms with Gasteiger partial charge in [-0.05, 0) is 49.8 Å². The number of nitro groups is 1. The maximum absolute atomic E-state index is 13.4. The highest BCUT2D eigenvalue weighted by Gasteiger charge is 2.23. The van der Waals surface area contributed by atoms with Crippen molar-refractivity contribution in [2.24, 2.45) is 0 Å². The van der Waals surface area contributed by atoms with E-state index < -0.39 is 10.8 Å². The van der Waals surface area contributed by atoms with Gasteiger partial charge in [0.2, 0.25) is 0 Å². The summed E-state index contributed by atoms with van der Waals surface area (Å²) in [5.74, 6) is 0.0261. The number of rotatable bonds is 6. The lowest BCUT2D eigenvalue weighted by Crippen LogP contribution is -2.36. The Labute approximate surface area is 176 Å². The van der Waals surface area contributed by atoms with Crippen molar-refractivity contribution in [2.45, 2.75) is 51.9 Å². The van der Waals surface area contributed by atoms with Crippen LogP contribution in [0, 0.1) is 10.1 Å². The lowest BCUT2D eigenvalue weighted by atomic mass is 9.97. The predicted molar refractivity (Wildman–Crippen MR) is 116 cm³/mol. The zero-order valence-corrected chi connectivity index (χ0v) is 17.5. The van der Waals surface area contributed by atoms with Crippen LogP contribution in [0.25, 0.3) is 10.2 Å². The number of fused-ring (bicyclic) bond motifs is 3. The Kier molecular flexibility index (Phi) is 5.63. The number of nitrogens with one attached hydrogen (secondary N) is 1. The standard InChI is InChI=1S/C21H22N4O4S/c1-2-3-8-17-22-20-18(15-6-4-5-7-16(15)30-20)21(27)24(17)23-19(26)13-9-11-14(12-10-13)25(28)29/h9-12H,2-8H2,1H3,(H,23,26). The Morgan fingerprint density at radius 3 is 2.70 bits per heavy atom. The number of hydrogen-bond donors (Lipinski definition) is 1. The molecule has 3 aromatic rings. The van der Waals surface area contributed by atoms with Gasteiger partial charge in [-0.2, -0.15) is 0 Å². The topological polar surface area (TPSA) is 107 Å². The van der Waals surface area contributed by atoms with Crippen LogP contribution in [-0.2, 0) is 19.3 Å². The van der Waals surface area contributed by atoms with Gasteiger partial charge in [0, 0.05) is 29.0 Å². The summed E-state index contributed by atoms with van der Waals surface area (Å²) in [6.07, 6.45) is 6.34. The first kappa shape index (κ1) is 20.2. The lowest BCUT2D eigenvalue weighted by Gasteiger charge is -2.14. The van der Waals surface area contributed by atoms with Gasteiger partial charge in [-0.3, -0.25) is 25.1 Å². The zero-order chi connectivity index (χ0) is 21.3. The van der Waals surface area contributed by atoms with E-state index in [4.69, 9.17) is 4.98 Å². The van der Waals surface area contributed by atoms with E-state index in [0.717, 1.165) is 48.9 Å². The van der Waals surface area contributed by atoms with E-state index in [-0.39, 0.29) is 16.8 Å². The third-order valence-electron chi connectivity index (χ3n) is 5.37. The van der Waals surface area contributed by atoms with Crippen molar-refractivity contribution >= 4 is 33.1 Å². The molecular weight excluding hydrogens is 404 g/mol. The molecule has 0 fully saturated rings. The largest absolute Gasteiger partial charge is 0.281 e. The molecule has 2 heterocycles. The fourth-order valence-electron chi connectivity index (χ4n) is 3.77. The summed E-state index contributed by atoms with van der Waals surface area (Å²) < 4.78 is 1.27. The lowest BCUT2D eigenvalue weighted by molar-refractivity contribution is -0.384. The molecule has 1 aromatic carbocycles. The molecule has 4 rings (SSSR count). The van der Waals surface area contributed by atoms with Crippen LogP contribution in [0.15, 0.2) is 29.1 Å². The smallest absolute Gasteiger partial charge is 0.267 e. The molecule has 0 saturated heterocycles. The summed E-state index contributed by atoms with van der Waals surface area (Å²) in [4.78, 5) is 43.2. The first-order valence-electron chi connectivity index (χ1n) is 10.1. The van der Waals surface area contributed by atoms with Crippen molar-refractivity contribution in [1.29, 1.82) is 0 Å². The van der Waals surface area contributed by atoms with Crippen LogP contribution < -0.4 is 11.0 Å². The van der Waals surface area contributed by atoms with Crippen molar-refractivity contribution in [3.8, 4) is 0 Å². The molecule has 9 heteroatoms. The average molecular weight is 426 g/mol. The number of aromatic nitrogens is 2. The van der Waals surface area contributed by atoms with Gasteiger partial charge in [-0.1, -0.05) is 13.3 Å². The van der Waals surface area contributed by atoms with Gasteiger partial charge in [0.1, 0.15) is 10.7 Å². The molecule has 1 amide bonds. The minimum absolute atomic E-state index is 0.0969. The van der Waals surface area contributed by atoms with E-state index in [1.165, 1.54) is 33.8 Å². The number of nitrogens with zero attached hydrogens (tertiary/aromatic N) is 3. The minimum atomic E-state index is -0.521. The van der Waals surface area contributed by atoms with Crippen LogP contribution in [0.4, 0.5) is 5.69 Å². The molecule has 30 heavy (non-hydrogen) atoms. The Hall–Kier alpha value is -3.07. The average Bonchev–Trinajstić information content (AvgIpc) is 3.13. The zero-order valence-electron chi connectivity index (χ0n) is 16.6. The van der Waals surface area contributed by atoms with Gasteiger partial charge in [0.05, 0.1) is 10.3 Å². The first-order valence-corrected chi connectivity index (χ1v) is 10.9. The molecule has 1 N–H and O–H groups in total. The van der Waals surface area contributed by atoms with Crippen molar-refractivity contribution in [2.75, 3.05) is 5.43 Å². The fraction of sp³-hybridized carbons (Fsp3) is 0.381. The van der Waals surface area contributed by atoms with E-state index in [1.54, 1.807) is 11.3 Å². The monoisotopic (exact) mass is 426 g/mol. The first-order chi connectivity index (χ1) is 14.5. The predicted octanol–water partition coefficient (Wildman–Crippen LogP) is 3.97. The third kappa shape index (κ3) is 3.72. The molecule has 1 aliphatic rings. The number of benzene rings is 1. The third-order valence-corrected chi connectivity index (χ3v) is 6.55. The maximum atomic E-state index is 13.4. The Morgan fingerprint density at radius 1 is 1.27 bits per heavy atom. The van der Waals surface area contributed by atoms with Gasteiger partial charge in [0.25, 0.3) is 17.2 Å². The fourth-order valence-corrected chi connectivity index (χ4v) is 5.04. The number of carbonyl (C=O) groups excluding carboxylic acids is 1. The Bertz CT molecular complexity index is 1180. The van der Waals surface area contributed by atoms with E-state index in [9.17, 15) is 19.7 Å².